The van der Waals surface area contributed by atoms with Gasteiger partial charge in [0.2, 0.25) is 0 Å². The normalized spacial score (nSPS) is 16.3. The zero-order valence-corrected chi connectivity index (χ0v) is 17.5. The lowest BCUT2D eigenvalue weighted by Crippen LogP contribution is -2.41. The average Bonchev–Trinajstić information content (AvgIpc) is 3.06. The fourth-order valence-electron chi connectivity index (χ4n) is 4.01. The Labute approximate surface area is 170 Å². The summed E-state index contributed by atoms with van der Waals surface area (Å²) < 4.78 is 24.8. The lowest BCUT2D eigenvalue weighted by Gasteiger charge is -2.32. The van der Waals surface area contributed by atoms with Gasteiger partial charge in [-0.25, -0.2) is 13.4 Å². The van der Waals surface area contributed by atoms with Crippen LogP contribution >= 0.6 is 0 Å². The van der Waals surface area contributed by atoms with Crippen LogP contribution in [0.1, 0.15) is 24.0 Å². The summed E-state index contributed by atoms with van der Waals surface area (Å²) in [4.78, 5) is 6.91. The minimum absolute atomic E-state index is 0.210. The van der Waals surface area contributed by atoms with Gasteiger partial charge < -0.3 is 10.2 Å². The van der Waals surface area contributed by atoms with E-state index < -0.39 is 9.84 Å². The summed E-state index contributed by atoms with van der Waals surface area (Å²) in [6.07, 6.45) is 3.17. The summed E-state index contributed by atoms with van der Waals surface area (Å²) in [5.41, 5.74) is 4.04. The van der Waals surface area contributed by atoms with Crippen molar-refractivity contribution in [2.75, 3.05) is 37.0 Å². The van der Waals surface area contributed by atoms with Gasteiger partial charge in [-0.2, -0.15) is 5.26 Å². The molecule has 4 rings (SSSR count). The number of nitriles is 1. The van der Waals surface area contributed by atoms with E-state index in [-0.39, 0.29) is 5.75 Å². The van der Waals surface area contributed by atoms with E-state index in [1.165, 1.54) is 6.26 Å². The molecule has 7 nitrogen and oxygen atoms in total. The zero-order chi connectivity index (χ0) is 20.6. The van der Waals surface area contributed by atoms with Crippen molar-refractivity contribution in [3.8, 4) is 6.07 Å². The van der Waals surface area contributed by atoms with Crippen LogP contribution in [0.4, 0.5) is 5.82 Å². The molecule has 2 aromatic heterocycles. The van der Waals surface area contributed by atoms with E-state index in [1.807, 2.05) is 41.7 Å². The first-order chi connectivity index (χ1) is 13.9. The molecule has 3 heterocycles. The maximum Gasteiger partial charge on any atom is 0.157 e. The Hall–Kier alpha value is -2.63. The summed E-state index contributed by atoms with van der Waals surface area (Å²) in [6.45, 7) is 4.28. The molecule has 3 aromatic rings. The van der Waals surface area contributed by atoms with Gasteiger partial charge in [-0.1, -0.05) is 12.1 Å². The van der Waals surface area contributed by atoms with E-state index >= 15 is 0 Å². The molecule has 1 aliphatic rings. The molecule has 1 aromatic carbocycles. The Morgan fingerprint density at radius 1 is 1.28 bits per heavy atom. The highest BCUT2D eigenvalue weighted by molar-refractivity contribution is 7.90. The van der Waals surface area contributed by atoms with E-state index in [4.69, 9.17) is 4.98 Å². The quantitative estimate of drug-likeness (QED) is 0.694. The summed E-state index contributed by atoms with van der Waals surface area (Å²) in [7, 11) is -2.93. The van der Waals surface area contributed by atoms with Crippen molar-refractivity contribution >= 4 is 32.3 Å². The summed E-state index contributed by atoms with van der Waals surface area (Å²) >= 11 is 0. The third-order valence-corrected chi connectivity index (χ3v) is 6.53. The van der Waals surface area contributed by atoms with Gasteiger partial charge in [-0.3, -0.25) is 4.40 Å². The van der Waals surface area contributed by atoms with E-state index in [1.54, 1.807) is 0 Å². The van der Waals surface area contributed by atoms with Crippen LogP contribution in [-0.2, 0) is 9.84 Å². The molecule has 0 spiro atoms. The third-order valence-electron chi connectivity index (χ3n) is 5.60. The van der Waals surface area contributed by atoms with Crippen molar-refractivity contribution in [1.29, 1.82) is 5.26 Å². The maximum absolute atomic E-state index is 11.4. The van der Waals surface area contributed by atoms with Crippen LogP contribution in [0.3, 0.4) is 0 Å². The van der Waals surface area contributed by atoms with Crippen molar-refractivity contribution in [2.45, 2.75) is 25.8 Å². The second-order valence-corrected chi connectivity index (χ2v) is 10.1. The predicted octanol–water partition coefficient (Wildman–Crippen LogP) is 2.59. The van der Waals surface area contributed by atoms with Crippen LogP contribution in [0.5, 0.6) is 0 Å². The number of para-hydroxylation sites is 2. The second-order valence-electron chi connectivity index (χ2n) is 7.85. The zero-order valence-electron chi connectivity index (χ0n) is 16.7. The fraction of sp³-hybridized carbons (Fsp3) is 0.429. The monoisotopic (exact) mass is 411 g/mol. The minimum atomic E-state index is -2.93. The standard InChI is InChI=1S/C21H25N5O2S/c1-15-13-20(23-16-7-9-25(10-8-16)11-12-29(2,27)28)26-19-6-4-3-5-18(19)24-21(26)17(15)14-22/h3-6,13,16,23H,7-12H2,1-2H3. The first-order valence-electron chi connectivity index (χ1n) is 9.83. The molecule has 1 N–H and O–H groups in total. The number of nitrogens with zero attached hydrogens (tertiary/aromatic N) is 4. The number of nitrogens with one attached hydrogen (secondary N) is 1. The maximum atomic E-state index is 11.4. The molecule has 0 unspecified atom stereocenters. The number of hydrogen-bond acceptors (Lipinski definition) is 6. The summed E-state index contributed by atoms with van der Waals surface area (Å²) in [5.74, 6) is 1.15. The van der Waals surface area contributed by atoms with Crippen LogP contribution in [0.15, 0.2) is 30.3 Å². The lowest BCUT2D eigenvalue weighted by molar-refractivity contribution is 0.230. The summed E-state index contributed by atoms with van der Waals surface area (Å²) in [6, 6.07) is 12.5. The number of sulfone groups is 1. The minimum Gasteiger partial charge on any atom is -0.368 e. The van der Waals surface area contributed by atoms with Gasteiger partial charge in [0.1, 0.15) is 21.7 Å². The Balaban J connectivity index is 1.58. The predicted molar refractivity (Wildman–Crippen MR) is 115 cm³/mol. The molecule has 0 aliphatic carbocycles. The number of anilines is 1. The molecule has 0 radical (unpaired) electrons. The summed E-state index contributed by atoms with van der Waals surface area (Å²) in [5, 5.41) is 13.3. The number of fused-ring (bicyclic) bond motifs is 3. The first-order valence-corrected chi connectivity index (χ1v) is 11.9. The van der Waals surface area contributed by atoms with Crippen LogP contribution in [0.2, 0.25) is 0 Å². The molecular weight excluding hydrogens is 386 g/mol. The molecule has 0 amide bonds. The number of likely N-dealkylation sites (tertiary alicyclic amines) is 1. The van der Waals surface area contributed by atoms with Crippen LogP contribution in [0, 0.1) is 18.3 Å². The van der Waals surface area contributed by atoms with Gasteiger partial charge in [0.05, 0.1) is 22.3 Å². The van der Waals surface area contributed by atoms with E-state index in [9.17, 15) is 13.7 Å². The molecule has 1 saturated heterocycles. The van der Waals surface area contributed by atoms with Gasteiger partial charge in [0, 0.05) is 31.9 Å². The number of piperidine rings is 1. The van der Waals surface area contributed by atoms with Gasteiger partial charge >= 0.3 is 0 Å². The number of aromatic nitrogens is 2. The molecule has 29 heavy (non-hydrogen) atoms. The molecule has 0 bridgehead atoms. The van der Waals surface area contributed by atoms with Crippen molar-refractivity contribution < 1.29 is 8.42 Å². The van der Waals surface area contributed by atoms with Gasteiger partial charge in [0.25, 0.3) is 0 Å². The molecule has 0 atom stereocenters. The van der Waals surface area contributed by atoms with E-state index in [0.717, 1.165) is 48.3 Å². The van der Waals surface area contributed by atoms with Gasteiger partial charge in [-0.05, 0) is 43.5 Å². The number of imidazole rings is 1. The molecule has 0 saturated carbocycles. The van der Waals surface area contributed by atoms with E-state index in [2.05, 4.69) is 16.3 Å². The first kappa shape index (κ1) is 19.7. The van der Waals surface area contributed by atoms with Crippen LogP contribution in [-0.4, -0.2) is 60.4 Å². The smallest absolute Gasteiger partial charge is 0.157 e. The Morgan fingerprint density at radius 2 is 2.00 bits per heavy atom. The van der Waals surface area contributed by atoms with Crippen molar-refractivity contribution in [3.05, 3.63) is 41.5 Å². The molecule has 1 aliphatic heterocycles. The Kier molecular flexibility index (Phi) is 5.19. The highest BCUT2D eigenvalue weighted by atomic mass is 32.2. The molecule has 1 fully saturated rings. The van der Waals surface area contributed by atoms with Gasteiger partial charge in [-0.15, -0.1) is 0 Å². The second kappa shape index (κ2) is 7.65. The van der Waals surface area contributed by atoms with Crippen LogP contribution < -0.4 is 5.32 Å². The topological polar surface area (TPSA) is 90.5 Å². The van der Waals surface area contributed by atoms with E-state index in [0.29, 0.717) is 23.8 Å². The Morgan fingerprint density at radius 3 is 2.69 bits per heavy atom. The van der Waals surface area contributed by atoms with Gasteiger partial charge in [0.15, 0.2) is 5.65 Å². The SMILES string of the molecule is Cc1cc(NC2CCN(CCS(C)(=O)=O)CC2)n2c(nc3ccccc32)c1C#N. The lowest BCUT2D eigenvalue weighted by atomic mass is 10.0. The molecule has 152 valence electrons. The fourth-order valence-corrected chi connectivity index (χ4v) is 4.59. The van der Waals surface area contributed by atoms with Crippen molar-refractivity contribution in [2.24, 2.45) is 0 Å². The molecule has 8 heteroatoms. The number of pyridine rings is 1. The number of rotatable bonds is 5. The molecular formula is C21H25N5O2S. The number of benzene rings is 1. The Bertz CT molecular complexity index is 1200. The highest BCUT2D eigenvalue weighted by Crippen LogP contribution is 2.28. The third kappa shape index (κ3) is 4.07. The number of hydrogen-bond donors (Lipinski definition) is 1. The van der Waals surface area contributed by atoms with Crippen LogP contribution in [0.25, 0.3) is 16.7 Å². The number of aryl methyl sites for hydroxylation is 1. The highest BCUT2D eigenvalue weighted by Gasteiger charge is 2.22. The largest absolute Gasteiger partial charge is 0.368 e. The van der Waals surface area contributed by atoms with Crippen molar-refractivity contribution in [1.82, 2.24) is 14.3 Å². The van der Waals surface area contributed by atoms with Crippen molar-refractivity contribution in [3.63, 3.8) is 0 Å². The average molecular weight is 412 g/mol.